The molecule has 3 nitrogen and oxygen atoms in total. The molecule has 0 amide bonds. The summed E-state index contributed by atoms with van der Waals surface area (Å²) in [5, 5.41) is 0. The van der Waals surface area contributed by atoms with Gasteiger partial charge < -0.3 is 0 Å². The molecule has 0 aliphatic carbocycles. The van der Waals surface area contributed by atoms with Crippen LogP contribution in [0.25, 0.3) is 11.3 Å². The molecule has 0 spiro atoms. The molecule has 0 unspecified atom stereocenters. The van der Waals surface area contributed by atoms with Gasteiger partial charge in [0.2, 0.25) is 5.95 Å². The van der Waals surface area contributed by atoms with Crippen LogP contribution in [-0.2, 0) is 0 Å². The Morgan fingerprint density at radius 3 is 2.57 bits per heavy atom. The lowest BCUT2D eigenvalue weighted by Gasteiger charge is -2.01. The van der Waals surface area contributed by atoms with Gasteiger partial charge in [0.05, 0.1) is 5.69 Å². The molecule has 2 aromatic rings. The Labute approximate surface area is 86.9 Å². The molecule has 0 saturated carbocycles. The van der Waals surface area contributed by atoms with Crippen molar-refractivity contribution in [1.82, 2.24) is 9.97 Å². The number of nitrogens with one attached hydrogen (secondary N) is 1. The first kappa shape index (κ1) is 8.97. The first-order valence-electron chi connectivity index (χ1n) is 4.15. The summed E-state index contributed by atoms with van der Waals surface area (Å²) in [6, 6.07) is 11.7. The quantitative estimate of drug-likeness (QED) is 0.767. The molecule has 0 fully saturated rings. The Bertz CT molecular complexity index is 417. The van der Waals surface area contributed by atoms with Crippen molar-refractivity contribution in [2.45, 2.75) is 0 Å². The Kier molecular flexibility index (Phi) is 2.60. The third-order valence-corrected chi connectivity index (χ3v) is 1.98. The number of hydrogen-bond donors (Lipinski definition) is 1. The summed E-state index contributed by atoms with van der Waals surface area (Å²) in [5.74, 6) is 0.410. The maximum absolute atomic E-state index is 5.41. The average Bonchev–Trinajstić information content (AvgIpc) is 2.30. The highest BCUT2D eigenvalue weighted by atomic mass is 35.5. The lowest BCUT2D eigenvalue weighted by molar-refractivity contribution is 1.19. The fraction of sp³-hybridized carbons (Fsp3) is 0. The van der Waals surface area contributed by atoms with E-state index in [9.17, 15) is 0 Å². The minimum atomic E-state index is 0.410. The van der Waals surface area contributed by atoms with E-state index in [-0.39, 0.29) is 0 Å². The molecule has 1 aromatic carbocycles. The predicted octanol–water partition coefficient (Wildman–Crippen LogP) is 2.71. The van der Waals surface area contributed by atoms with Crippen LogP contribution < -0.4 is 4.84 Å². The van der Waals surface area contributed by atoms with E-state index in [0.717, 1.165) is 11.3 Å². The first-order chi connectivity index (χ1) is 6.90. The van der Waals surface area contributed by atoms with Crippen LogP contribution in [-0.4, -0.2) is 9.97 Å². The number of nitrogens with zero attached hydrogens (tertiary/aromatic N) is 2. The van der Waals surface area contributed by atoms with E-state index >= 15 is 0 Å². The normalized spacial score (nSPS) is 9.79. The van der Waals surface area contributed by atoms with Gasteiger partial charge in [-0.3, -0.25) is 4.84 Å². The molecule has 2 rings (SSSR count). The highest BCUT2D eigenvalue weighted by molar-refractivity contribution is 6.23. The van der Waals surface area contributed by atoms with Crippen LogP contribution >= 0.6 is 11.8 Å². The zero-order valence-electron chi connectivity index (χ0n) is 7.31. The number of rotatable bonds is 2. The van der Waals surface area contributed by atoms with Gasteiger partial charge in [-0.05, 0) is 6.07 Å². The highest BCUT2D eigenvalue weighted by Crippen LogP contribution is 2.16. The summed E-state index contributed by atoms with van der Waals surface area (Å²) in [7, 11) is 0. The average molecular weight is 206 g/mol. The second-order valence-electron chi connectivity index (χ2n) is 2.73. The van der Waals surface area contributed by atoms with Crippen LogP contribution in [0.4, 0.5) is 5.95 Å². The van der Waals surface area contributed by atoms with Gasteiger partial charge in [-0.25, -0.2) is 9.97 Å². The summed E-state index contributed by atoms with van der Waals surface area (Å²) in [6.07, 6.45) is 1.67. The monoisotopic (exact) mass is 205 g/mol. The Hall–Kier alpha value is -1.61. The maximum Gasteiger partial charge on any atom is 0.238 e. The van der Waals surface area contributed by atoms with Crippen molar-refractivity contribution >= 4 is 17.7 Å². The van der Waals surface area contributed by atoms with Crippen molar-refractivity contribution < 1.29 is 0 Å². The predicted molar refractivity (Wildman–Crippen MR) is 56.9 cm³/mol. The van der Waals surface area contributed by atoms with Gasteiger partial charge in [0.15, 0.2) is 0 Å². The SMILES string of the molecule is ClNc1nccc(-c2ccccc2)n1. The van der Waals surface area contributed by atoms with Gasteiger partial charge in [0, 0.05) is 23.5 Å². The Morgan fingerprint density at radius 1 is 1.07 bits per heavy atom. The molecular weight excluding hydrogens is 198 g/mol. The van der Waals surface area contributed by atoms with Crippen molar-refractivity contribution in [2.75, 3.05) is 4.84 Å². The van der Waals surface area contributed by atoms with E-state index in [0.29, 0.717) is 5.95 Å². The van der Waals surface area contributed by atoms with Crippen LogP contribution in [0, 0.1) is 0 Å². The van der Waals surface area contributed by atoms with Crippen LogP contribution in [0.3, 0.4) is 0 Å². The summed E-state index contributed by atoms with van der Waals surface area (Å²) >= 11 is 5.41. The van der Waals surface area contributed by atoms with E-state index in [2.05, 4.69) is 14.8 Å². The van der Waals surface area contributed by atoms with Crippen LogP contribution in [0.15, 0.2) is 42.6 Å². The smallest absolute Gasteiger partial charge is 0.238 e. The van der Waals surface area contributed by atoms with Crippen LogP contribution in [0.5, 0.6) is 0 Å². The number of hydrogen-bond acceptors (Lipinski definition) is 3. The summed E-state index contributed by atoms with van der Waals surface area (Å²) in [5.41, 5.74) is 1.90. The number of anilines is 1. The molecule has 1 heterocycles. The lowest BCUT2D eigenvalue weighted by atomic mass is 10.1. The Morgan fingerprint density at radius 2 is 1.86 bits per heavy atom. The first-order valence-corrected chi connectivity index (χ1v) is 4.53. The standard InChI is InChI=1S/C10H8ClN3/c11-14-10-12-7-6-9(13-10)8-4-2-1-3-5-8/h1-7H,(H,12,13,14). The number of benzene rings is 1. The second-order valence-corrected chi connectivity index (χ2v) is 2.91. The third kappa shape index (κ3) is 1.83. The van der Waals surface area contributed by atoms with E-state index in [1.165, 1.54) is 0 Å². The summed E-state index contributed by atoms with van der Waals surface area (Å²) in [4.78, 5) is 10.5. The van der Waals surface area contributed by atoms with Gasteiger partial charge >= 0.3 is 0 Å². The zero-order chi connectivity index (χ0) is 9.80. The third-order valence-electron chi connectivity index (χ3n) is 1.81. The van der Waals surface area contributed by atoms with Crippen LogP contribution in [0.1, 0.15) is 0 Å². The molecule has 0 radical (unpaired) electrons. The second kappa shape index (κ2) is 4.07. The summed E-state index contributed by atoms with van der Waals surface area (Å²) in [6.45, 7) is 0. The number of halogens is 1. The van der Waals surface area contributed by atoms with Gasteiger partial charge in [-0.15, -0.1) is 0 Å². The minimum Gasteiger partial charge on any atom is -0.266 e. The molecule has 1 aromatic heterocycles. The van der Waals surface area contributed by atoms with Crippen molar-refractivity contribution in [2.24, 2.45) is 0 Å². The summed E-state index contributed by atoms with van der Waals surface area (Å²) < 4.78 is 0. The molecular formula is C10H8ClN3. The Balaban J connectivity index is 2.42. The van der Waals surface area contributed by atoms with E-state index in [4.69, 9.17) is 11.8 Å². The molecule has 0 aliphatic rings. The molecule has 0 atom stereocenters. The highest BCUT2D eigenvalue weighted by Gasteiger charge is 1.99. The number of aromatic nitrogens is 2. The molecule has 4 heteroatoms. The van der Waals surface area contributed by atoms with Gasteiger partial charge in [0.1, 0.15) is 0 Å². The fourth-order valence-corrected chi connectivity index (χ4v) is 1.26. The molecule has 0 aliphatic heterocycles. The molecule has 0 bridgehead atoms. The molecule has 14 heavy (non-hydrogen) atoms. The van der Waals surface area contributed by atoms with Crippen molar-refractivity contribution in [3.8, 4) is 11.3 Å². The lowest BCUT2D eigenvalue weighted by Crippen LogP contribution is -1.92. The van der Waals surface area contributed by atoms with E-state index in [1.807, 2.05) is 36.4 Å². The largest absolute Gasteiger partial charge is 0.266 e. The topological polar surface area (TPSA) is 37.8 Å². The molecule has 70 valence electrons. The molecule has 1 N–H and O–H groups in total. The van der Waals surface area contributed by atoms with Crippen molar-refractivity contribution in [1.29, 1.82) is 0 Å². The molecule has 0 saturated heterocycles. The van der Waals surface area contributed by atoms with Crippen molar-refractivity contribution in [3.05, 3.63) is 42.6 Å². The van der Waals surface area contributed by atoms with Gasteiger partial charge in [-0.2, -0.15) is 0 Å². The fourth-order valence-electron chi connectivity index (χ4n) is 1.17. The van der Waals surface area contributed by atoms with Gasteiger partial charge in [0.25, 0.3) is 0 Å². The minimum absolute atomic E-state index is 0.410. The van der Waals surface area contributed by atoms with E-state index < -0.39 is 0 Å². The van der Waals surface area contributed by atoms with Crippen LogP contribution in [0.2, 0.25) is 0 Å². The van der Waals surface area contributed by atoms with E-state index in [1.54, 1.807) is 6.20 Å². The van der Waals surface area contributed by atoms with Crippen molar-refractivity contribution in [3.63, 3.8) is 0 Å². The maximum atomic E-state index is 5.41. The van der Waals surface area contributed by atoms with Gasteiger partial charge in [-0.1, -0.05) is 30.3 Å². The zero-order valence-corrected chi connectivity index (χ0v) is 8.07.